The molecule has 3 nitrogen and oxygen atoms in total. The summed E-state index contributed by atoms with van der Waals surface area (Å²) in [4.78, 5) is 4.51. The van der Waals surface area contributed by atoms with Gasteiger partial charge in [0.2, 0.25) is 5.13 Å². The van der Waals surface area contributed by atoms with Gasteiger partial charge in [0.05, 0.1) is 5.75 Å². The topological polar surface area (TPSA) is 37.8 Å². The highest BCUT2D eigenvalue weighted by Gasteiger charge is 2.15. The second kappa shape index (κ2) is 6.59. The van der Waals surface area contributed by atoms with E-state index in [1.54, 1.807) is 0 Å². The number of thioether (sulfide) groups is 1. The molecule has 1 heterocycles. The Kier molecular flexibility index (Phi) is 5.10. The summed E-state index contributed by atoms with van der Waals surface area (Å²) in [5, 5.41) is 5.10. The monoisotopic (exact) mass is 271 g/mol. The van der Waals surface area contributed by atoms with Gasteiger partial charge in [-0.15, -0.1) is 0 Å². The van der Waals surface area contributed by atoms with Gasteiger partial charge in [0.1, 0.15) is 0 Å². The lowest BCUT2D eigenvalue weighted by Crippen LogP contribution is -2.09. The van der Waals surface area contributed by atoms with Crippen molar-refractivity contribution in [2.24, 2.45) is 0 Å². The smallest absolute Gasteiger partial charge is 0.202 e. The lowest BCUT2D eigenvalue weighted by atomic mass is 10.0. The molecule has 0 unspecified atom stereocenters. The summed E-state index contributed by atoms with van der Waals surface area (Å²) >= 11 is 3.52. The number of anilines is 1. The van der Waals surface area contributed by atoms with Gasteiger partial charge < -0.3 is 5.32 Å². The molecule has 96 valence electrons. The maximum Gasteiger partial charge on any atom is 0.202 e. The third-order valence-corrected chi connectivity index (χ3v) is 4.93. The highest BCUT2D eigenvalue weighted by atomic mass is 32.2. The average molecular weight is 271 g/mol. The second-order valence-corrected chi connectivity index (χ2v) is 6.93. The molecular formula is C12H21N3S2. The molecule has 0 saturated heterocycles. The Morgan fingerprint density at radius 2 is 2.12 bits per heavy atom. The van der Waals surface area contributed by atoms with Crippen molar-refractivity contribution in [3.63, 3.8) is 0 Å². The molecule has 1 aliphatic rings. The SMILES string of the molecule is CC(C)Nc1nc(CSC2CCCCC2)ns1. The quantitative estimate of drug-likeness (QED) is 0.880. The Balaban J connectivity index is 1.76. The van der Waals surface area contributed by atoms with E-state index in [1.165, 1.54) is 43.6 Å². The van der Waals surface area contributed by atoms with Crippen LogP contribution in [-0.4, -0.2) is 20.6 Å². The van der Waals surface area contributed by atoms with Crippen LogP contribution in [0.4, 0.5) is 5.13 Å². The normalized spacial score (nSPS) is 17.6. The Hall–Kier alpha value is -0.290. The lowest BCUT2D eigenvalue weighted by molar-refractivity contribution is 0.516. The molecule has 0 spiro atoms. The van der Waals surface area contributed by atoms with Crippen molar-refractivity contribution in [3.05, 3.63) is 5.82 Å². The Morgan fingerprint density at radius 3 is 2.82 bits per heavy atom. The van der Waals surface area contributed by atoms with Crippen LogP contribution in [0, 0.1) is 0 Å². The minimum atomic E-state index is 0.432. The first kappa shape index (κ1) is 13.1. The summed E-state index contributed by atoms with van der Waals surface area (Å²) in [5.74, 6) is 1.97. The molecule has 0 amide bonds. The fourth-order valence-electron chi connectivity index (χ4n) is 2.04. The number of aromatic nitrogens is 2. The first-order chi connectivity index (χ1) is 8.24. The molecule has 1 aromatic heterocycles. The molecule has 1 saturated carbocycles. The van der Waals surface area contributed by atoms with Crippen LogP contribution >= 0.6 is 23.3 Å². The van der Waals surface area contributed by atoms with Crippen molar-refractivity contribution < 1.29 is 0 Å². The van der Waals surface area contributed by atoms with Gasteiger partial charge in [-0.05, 0) is 26.7 Å². The van der Waals surface area contributed by atoms with E-state index >= 15 is 0 Å². The minimum absolute atomic E-state index is 0.432. The van der Waals surface area contributed by atoms with E-state index in [4.69, 9.17) is 0 Å². The molecule has 2 rings (SSSR count). The fourth-order valence-corrected chi connectivity index (χ4v) is 4.04. The highest BCUT2D eigenvalue weighted by Crippen LogP contribution is 2.30. The maximum absolute atomic E-state index is 4.51. The van der Waals surface area contributed by atoms with Crippen molar-refractivity contribution in [1.82, 2.24) is 9.36 Å². The molecular weight excluding hydrogens is 250 g/mol. The molecule has 1 N–H and O–H groups in total. The minimum Gasteiger partial charge on any atom is -0.358 e. The molecule has 1 fully saturated rings. The van der Waals surface area contributed by atoms with Gasteiger partial charge in [0.25, 0.3) is 0 Å². The van der Waals surface area contributed by atoms with Crippen molar-refractivity contribution >= 4 is 28.4 Å². The number of nitrogens with zero attached hydrogens (tertiary/aromatic N) is 2. The predicted molar refractivity (Wildman–Crippen MR) is 76.8 cm³/mol. The largest absolute Gasteiger partial charge is 0.358 e. The molecule has 17 heavy (non-hydrogen) atoms. The second-order valence-electron chi connectivity index (χ2n) is 4.89. The molecule has 5 heteroatoms. The van der Waals surface area contributed by atoms with Crippen LogP contribution in [-0.2, 0) is 5.75 Å². The van der Waals surface area contributed by atoms with Crippen LogP contribution in [0.25, 0.3) is 0 Å². The summed E-state index contributed by atoms with van der Waals surface area (Å²) in [6, 6.07) is 0.432. The average Bonchev–Trinajstić information content (AvgIpc) is 2.75. The molecule has 0 aliphatic heterocycles. The van der Waals surface area contributed by atoms with E-state index in [-0.39, 0.29) is 0 Å². The summed E-state index contributed by atoms with van der Waals surface area (Å²) in [5.41, 5.74) is 0. The van der Waals surface area contributed by atoms with Crippen LogP contribution in [0.1, 0.15) is 51.8 Å². The molecule has 1 aliphatic carbocycles. The number of hydrogen-bond acceptors (Lipinski definition) is 5. The standard InChI is InChI=1S/C12H21N3S2/c1-9(2)13-12-14-11(15-17-12)8-16-10-6-4-3-5-7-10/h9-10H,3-8H2,1-2H3,(H,13,14,15). The van der Waals surface area contributed by atoms with Gasteiger partial charge in [-0.25, -0.2) is 4.98 Å². The molecule has 0 aromatic carbocycles. The van der Waals surface area contributed by atoms with Crippen molar-refractivity contribution in [3.8, 4) is 0 Å². The molecule has 0 bridgehead atoms. The van der Waals surface area contributed by atoms with Crippen molar-refractivity contribution in [2.45, 2.75) is 63.0 Å². The number of rotatable bonds is 5. The van der Waals surface area contributed by atoms with Crippen LogP contribution in [0.5, 0.6) is 0 Å². The van der Waals surface area contributed by atoms with Crippen LogP contribution in [0.2, 0.25) is 0 Å². The van der Waals surface area contributed by atoms with Gasteiger partial charge in [0, 0.05) is 22.8 Å². The summed E-state index contributed by atoms with van der Waals surface area (Å²) < 4.78 is 4.40. The first-order valence-electron chi connectivity index (χ1n) is 6.45. The summed E-state index contributed by atoms with van der Waals surface area (Å²) in [6.45, 7) is 4.25. The van der Waals surface area contributed by atoms with E-state index in [2.05, 4.69) is 28.5 Å². The zero-order valence-electron chi connectivity index (χ0n) is 10.6. The Morgan fingerprint density at radius 1 is 1.35 bits per heavy atom. The van der Waals surface area contributed by atoms with Gasteiger partial charge in [-0.2, -0.15) is 16.1 Å². The Bertz CT molecular complexity index is 332. The van der Waals surface area contributed by atoms with E-state index < -0.39 is 0 Å². The van der Waals surface area contributed by atoms with Gasteiger partial charge >= 0.3 is 0 Å². The van der Waals surface area contributed by atoms with Crippen molar-refractivity contribution in [2.75, 3.05) is 5.32 Å². The van der Waals surface area contributed by atoms with Crippen molar-refractivity contribution in [1.29, 1.82) is 0 Å². The van der Waals surface area contributed by atoms with E-state index in [0.29, 0.717) is 6.04 Å². The van der Waals surface area contributed by atoms with Crippen LogP contribution < -0.4 is 5.32 Å². The highest BCUT2D eigenvalue weighted by molar-refractivity contribution is 7.99. The summed E-state index contributed by atoms with van der Waals surface area (Å²) in [7, 11) is 0. The zero-order chi connectivity index (χ0) is 12.1. The van der Waals surface area contributed by atoms with E-state index in [0.717, 1.165) is 22.0 Å². The zero-order valence-corrected chi connectivity index (χ0v) is 12.2. The fraction of sp³-hybridized carbons (Fsp3) is 0.833. The van der Waals surface area contributed by atoms with Gasteiger partial charge in [-0.1, -0.05) is 19.3 Å². The third-order valence-electron chi connectivity index (χ3n) is 2.88. The summed E-state index contributed by atoms with van der Waals surface area (Å²) in [6.07, 6.45) is 7.00. The molecule has 1 aromatic rings. The van der Waals surface area contributed by atoms with Gasteiger partial charge in [-0.3, -0.25) is 0 Å². The van der Waals surface area contributed by atoms with E-state index in [9.17, 15) is 0 Å². The van der Waals surface area contributed by atoms with E-state index in [1.807, 2.05) is 11.8 Å². The Labute approximate surface area is 112 Å². The molecule has 0 radical (unpaired) electrons. The number of hydrogen-bond donors (Lipinski definition) is 1. The molecule has 0 atom stereocenters. The van der Waals surface area contributed by atoms with Crippen LogP contribution in [0.15, 0.2) is 0 Å². The predicted octanol–water partition coefficient (Wildman–Crippen LogP) is 3.92. The first-order valence-corrected chi connectivity index (χ1v) is 8.27. The van der Waals surface area contributed by atoms with Gasteiger partial charge in [0.15, 0.2) is 5.82 Å². The maximum atomic E-state index is 4.51. The van der Waals surface area contributed by atoms with Crippen LogP contribution in [0.3, 0.4) is 0 Å². The number of nitrogens with one attached hydrogen (secondary N) is 1. The lowest BCUT2D eigenvalue weighted by Gasteiger charge is -2.20. The third kappa shape index (κ3) is 4.47.